The minimum Gasteiger partial charge on any atom is -0.469 e. The maximum Gasteiger partial charge on any atom is 0.307 e. The maximum absolute atomic E-state index is 12.5. The van der Waals surface area contributed by atoms with Crippen LogP contribution in [-0.2, 0) is 19.1 Å². The molecule has 0 saturated carbocycles. The summed E-state index contributed by atoms with van der Waals surface area (Å²) in [5.41, 5.74) is 2.02. The second-order valence-electron chi connectivity index (χ2n) is 6.39. The molecule has 6 heteroatoms. The average molecular weight is 346 g/mol. The van der Waals surface area contributed by atoms with Crippen LogP contribution in [0.3, 0.4) is 0 Å². The highest BCUT2D eigenvalue weighted by Crippen LogP contribution is 2.33. The molecule has 25 heavy (non-hydrogen) atoms. The number of nitrogens with zero attached hydrogens (tertiary/aromatic N) is 1. The molecule has 2 atom stereocenters. The number of benzene rings is 1. The smallest absolute Gasteiger partial charge is 0.307 e. The van der Waals surface area contributed by atoms with Crippen LogP contribution in [0.4, 0.5) is 5.69 Å². The molecule has 2 amide bonds. The lowest BCUT2D eigenvalue weighted by Crippen LogP contribution is -2.34. The van der Waals surface area contributed by atoms with Gasteiger partial charge in [0.05, 0.1) is 19.4 Å². The van der Waals surface area contributed by atoms with E-state index in [0.717, 1.165) is 17.7 Å². The Bertz CT molecular complexity index is 644. The SMILES string of the molecule is CCC(C)c1ccccc1N1CC(C(=O)NCCC(=O)OC)CC1=O. The van der Waals surface area contributed by atoms with Gasteiger partial charge in [0.2, 0.25) is 11.8 Å². The topological polar surface area (TPSA) is 75.7 Å². The zero-order valence-corrected chi connectivity index (χ0v) is 15.1. The van der Waals surface area contributed by atoms with Gasteiger partial charge in [-0.3, -0.25) is 14.4 Å². The van der Waals surface area contributed by atoms with Gasteiger partial charge in [0, 0.05) is 25.2 Å². The summed E-state index contributed by atoms with van der Waals surface area (Å²) in [5.74, 6) is -0.649. The summed E-state index contributed by atoms with van der Waals surface area (Å²) in [4.78, 5) is 37.5. The quantitative estimate of drug-likeness (QED) is 0.768. The van der Waals surface area contributed by atoms with E-state index in [1.807, 2.05) is 24.3 Å². The number of nitrogens with one attached hydrogen (secondary N) is 1. The van der Waals surface area contributed by atoms with Crippen LogP contribution in [0.1, 0.15) is 44.6 Å². The maximum atomic E-state index is 12.5. The number of carbonyl (C=O) groups excluding carboxylic acids is 3. The van der Waals surface area contributed by atoms with Crippen molar-refractivity contribution >= 4 is 23.5 Å². The second-order valence-corrected chi connectivity index (χ2v) is 6.39. The van der Waals surface area contributed by atoms with Crippen molar-refractivity contribution in [2.24, 2.45) is 5.92 Å². The number of hydrogen-bond donors (Lipinski definition) is 1. The summed E-state index contributed by atoms with van der Waals surface area (Å²) in [6.07, 6.45) is 1.30. The van der Waals surface area contributed by atoms with Crippen molar-refractivity contribution in [3.8, 4) is 0 Å². The predicted octanol–water partition coefficient (Wildman–Crippen LogP) is 2.23. The number of esters is 1. The summed E-state index contributed by atoms with van der Waals surface area (Å²) in [6, 6.07) is 7.87. The number of carbonyl (C=O) groups is 3. The van der Waals surface area contributed by atoms with Gasteiger partial charge in [0.15, 0.2) is 0 Å². The Morgan fingerprint density at radius 1 is 1.36 bits per heavy atom. The summed E-state index contributed by atoms with van der Waals surface area (Å²) in [5, 5.41) is 2.71. The van der Waals surface area contributed by atoms with Gasteiger partial charge in [-0.1, -0.05) is 32.0 Å². The number of ether oxygens (including phenoxy) is 1. The molecule has 1 aliphatic rings. The Labute approximate surface area is 148 Å². The largest absolute Gasteiger partial charge is 0.469 e. The molecule has 1 saturated heterocycles. The standard InChI is InChI=1S/C19H26N2O4/c1-4-13(2)15-7-5-6-8-16(15)21-12-14(11-17(21)22)19(24)20-10-9-18(23)25-3/h5-8,13-14H,4,9-12H2,1-3H3,(H,20,24). The first-order valence-electron chi connectivity index (χ1n) is 8.71. The first-order chi connectivity index (χ1) is 12.0. The van der Waals surface area contributed by atoms with E-state index in [2.05, 4.69) is 23.9 Å². The number of rotatable bonds is 7. The molecule has 2 rings (SSSR count). The van der Waals surface area contributed by atoms with Crippen molar-refractivity contribution in [1.29, 1.82) is 0 Å². The summed E-state index contributed by atoms with van der Waals surface area (Å²) < 4.78 is 4.54. The van der Waals surface area contributed by atoms with E-state index in [-0.39, 0.29) is 37.2 Å². The fourth-order valence-corrected chi connectivity index (χ4v) is 3.02. The molecule has 0 radical (unpaired) electrons. The minimum absolute atomic E-state index is 0.0381. The highest BCUT2D eigenvalue weighted by atomic mass is 16.5. The molecular weight excluding hydrogens is 320 g/mol. The second kappa shape index (κ2) is 8.65. The highest BCUT2D eigenvalue weighted by molar-refractivity contribution is 6.00. The van der Waals surface area contributed by atoms with Crippen molar-refractivity contribution in [2.75, 3.05) is 25.1 Å². The summed E-state index contributed by atoms with van der Waals surface area (Å²) in [6.45, 7) is 4.84. The zero-order valence-electron chi connectivity index (χ0n) is 15.1. The average Bonchev–Trinajstić information content (AvgIpc) is 3.02. The van der Waals surface area contributed by atoms with Crippen LogP contribution in [0.2, 0.25) is 0 Å². The van der Waals surface area contributed by atoms with Gasteiger partial charge in [0.1, 0.15) is 0 Å². The Hall–Kier alpha value is -2.37. The van der Waals surface area contributed by atoms with Gasteiger partial charge in [-0.2, -0.15) is 0 Å². The highest BCUT2D eigenvalue weighted by Gasteiger charge is 2.36. The molecular formula is C19H26N2O4. The molecule has 0 bridgehead atoms. The lowest BCUT2D eigenvalue weighted by Gasteiger charge is -2.23. The lowest BCUT2D eigenvalue weighted by molar-refractivity contribution is -0.140. The van der Waals surface area contributed by atoms with E-state index in [0.29, 0.717) is 12.5 Å². The minimum atomic E-state index is -0.393. The molecule has 0 aliphatic carbocycles. The van der Waals surface area contributed by atoms with Crippen molar-refractivity contribution in [3.05, 3.63) is 29.8 Å². The molecule has 1 fully saturated rings. The lowest BCUT2D eigenvalue weighted by atomic mass is 9.96. The predicted molar refractivity (Wildman–Crippen MR) is 95.3 cm³/mol. The van der Waals surface area contributed by atoms with Crippen molar-refractivity contribution < 1.29 is 19.1 Å². The van der Waals surface area contributed by atoms with Crippen molar-refractivity contribution in [3.63, 3.8) is 0 Å². The fourth-order valence-electron chi connectivity index (χ4n) is 3.02. The number of methoxy groups -OCH3 is 1. The number of amides is 2. The van der Waals surface area contributed by atoms with Gasteiger partial charge in [-0.25, -0.2) is 0 Å². The third-order valence-electron chi connectivity index (χ3n) is 4.72. The summed E-state index contributed by atoms with van der Waals surface area (Å²) in [7, 11) is 1.31. The van der Waals surface area contributed by atoms with E-state index >= 15 is 0 Å². The Kier molecular flexibility index (Phi) is 6.56. The third kappa shape index (κ3) is 4.59. The Balaban J connectivity index is 2.03. The molecule has 0 spiro atoms. The number of anilines is 1. The molecule has 136 valence electrons. The molecule has 0 aromatic heterocycles. The fraction of sp³-hybridized carbons (Fsp3) is 0.526. The third-order valence-corrected chi connectivity index (χ3v) is 4.72. The van der Waals surface area contributed by atoms with Gasteiger partial charge in [-0.05, 0) is 24.0 Å². The molecule has 1 aromatic carbocycles. The first-order valence-corrected chi connectivity index (χ1v) is 8.71. The van der Waals surface area contributed by atoms with Gasteiger partial charge in [0.25, 0.3) is 0 Å². The first kappa shape index (κ1) is 19.0. The molecule has 2 unspecified atom stereocenters. The van der Waals surface area contributed by atoms with Crippen LogP contribution in [0.15, 0.2) is 24.3 Å². The summed E-state index contributed by atoms with van der Waals surface area (Å²) >= 11 is 0. The van der Waals surface area contributed by atoms with E-state index < -0.39 is 5.92 Å². The van der Waals surface area contributed by atoms with Crippen LogP contribution in [0.5, 0.6) is 0 Å². The monoisotopic (exact) mass is 346 g/mol. The normalized spacial score (nSPS) is 18.1. The van der Waals surface area contributed by atoms with E-state index in [9.17, 15) is 14.4 Å². The van der Waals surface area contributed by atoms with Crippen LogP contribution < -0.4 is 10.2 Å². The molecule has 1 aliphatic heterocycles. The van der Waals surface area contributed by atoms with Crippen LogP contribution in [0, 0.1) is 5.92 Å². The Morgan fingerprint density at radius 3 is 2.76 bits per heavy atom. The van der Waals surface area contributed by atoms with E-state index in [1.165, 1.54) is 7.11 Å². The molecule has 6 nitrogen and oxygen atoms in total. The van der Waals surface area contributed by atoms with Crippen molar-refractivity contribution in [2.45, 2.75) is 39.0 Å². The van der Waals surface area contributed by atoms with Crippen molar-refractivity contribution in [1.82, 2.24) is 5.32 Å². The van der Waals surface area contributed by atoms with E-state index in [4.69, 9.17) is 0 Å². The van der Waals surface area contributed by atoms with Gasteiger partial charge >= 0.3 is 5.97 Å². The number of hydrogen-bond acceptors (Lipinski definition) is 4. The van der Waals surface area contributed by atoms with Gasteiger partial charge in [-0.15, -0.1) is 0 Å². The number of para-hydroxylation sites is 1. The molecule has 1 N–H and O–H groups in total. The molecule has 1 heterocycles. The van der Waals surface area contributed by atoms with Crippen LogP contribution in [-0.4, -0.2) is 38.0 Å². The molecule has 1 aromatic rings. The van der Waals surface area contributed by atoms with Gasteiger partial charge < -0.3 is 15.0 Å². The van der Waals surface area contributed by atoms with E-state index in [1.54, 1.807) is 4.90 Å². The Morgan fingerprint density at radius 2 is 2.08 bits per heavy atom. The van der Waals surface area contributed by atoms with Crippen LogP contribution in [0.25, 0.3) is 0 Å². The van der Waals surface area contributed by atoms with Crippen LogP contribution >= 0.6 is 0 Å². The zero-order chi connectivity index (χ0) is 18.4.